The molecule has 0 aromatic heterocycles. The molecule has 3 nitrogen and oxygen atoms in total. The van der Waals surface area contributed by atoms with Gasteiger partial charge in [0.15, 0.2) is 0 Å². The van der Waals surface area contributed by atoms with E-state index < -0.39 is 23.5 Å². The maximum absolute atomic E-state index is 13.1. The fourth-order valence-corrected chi connectivity index (χ4v) is 5.24. The molecule has 2 saturated carbocycles. The zero-order valence-corrected chi connectivity index (χ0v) is 20.3. The van der Waals surface area contributed by atoms with Crippen LogP contribution in [-0.2, 0) is 23.7 Å². The van der Waals surface area contributed by atoms with Crippen LogP contribution in [0.4, 0.5) is 26.3 Å². The third-order valence-electron chi connectivity index (χ3n) is 7.19. The molecule has 0 saturated heterocycles. The average Bonchev–Trinajstić information content (AvgIpc) is 3.32. The Morgan fingerprint density at radius 3 is 2.05 bits per heavy atom. The molecule has 4 rings (SSSR count). The van der Waals surface area contributed by atoms with E-state index in [4.69, 9.17) is 0 Å². The van der Waals surface area contributed by atoms with Crippen LogP contribution in [0.25, 0.3) is 6.08 Å². The molecule has 37 heavy (non-hydrogen) atoms. The monoisotopic (exact) mass is 524 g/mol. The number of hydrogen-bond acceptors (Lipinski definition) is 2. The van der Waals surface area contributed by atoms with Crippen LogP contribution in [0.15, 0.2) is 54.1 Å². The van der Waals surface area contributed by atoms with Gasteiger partial charge in [-0.3, -0.25) is 4.79 Å². The largest absolute Gasteiger partial charge is 0.416 e. The molecular weight excluding hydrogens is 494 g/mol. The highest BCUT2D eigenvalue weighted by atomic mass is 19.4. The maximum Gasteiger partial charge on any atom is 0.416 e. The van der Waals surface area contributed by atoms with E-state index in [0.29, 0.717) is 31.0 Å². The number of carbonyl (C=O) groups is 1. The maximum atomic E-state index is 13.1. The quantitative estimate of drug-likeness (QED) is 0.395. The van der Waals surface area contributed by atoms with Crippen molar-refractivity contribution >= 4 is 12.0 Å². The van der Waals surface area contributed by atoms with E-state index in [1.54, 1.807) is 0 Å². The summed E-state index contributed by atoms with van der Waals surface area (Å²) in [4.78, 5) is 12.6. The Balaban J connectivity index is 1.26. The highest BCUT2D eigenvalue weighted by molar-refractivity contribution is 5.79. The number of rotatable bonds is 6. The minimum atomic E-state index is -4.92. The molecule has 2 aliphatic carbocycles. The summed E-state index contributed by atoms with van der Waals surface area (Å²) in [6.07, 6.45) is -1.48. The first-order valence-electron chi connectivity index (χ1n) is 12.5. The summed E-state index contributed by atoms with van der Waals surface area (Å²) < 4.78 is 78.4. The van der Waals surface area contributed by atoms with Crippen LogP contribution in [0.1, 0.15) is 67.2 Å². The molecule has 9 heteroatoms. The highest BCUT2D eigenvalue weighted by Gasteiger charge is 2.37. The molecule has 0 radical (unpaired) electrons. The van der Waals surface area contributed by atoms with Gasteiger partial charge in [-0.1, -0.05) is 42.0 Å². The Morgan fingerprint density at radius 1 is 0.838 bits per heavy atom. The lowest BCUT2D eigenvalue weighted by Crippen LogP contribution is -2.39. The van der Waals surface area contributed by atoms with Crippen LogP contribution in [0, 0.1) is 5.92 Å². The van der Waals surface area contributed by atoms with Gasteiger partial charge in [0.05, 0.1) is 11.1 Å². The number of amides is 1. The Morgan fingerprint density at radius 2 is 1.46 bits per heavy atom. The van der Waals surface area contributed by atoms with Crippen molar-refractivity contribution in [3.63, 3.8) is 0 Å². The minimum absolute atomic E-state index is 0.0875. The van der Waals surface area contributed by atoms with Gasteiger partial charge in [0, 0.05) is 24.5 Å². The summed E-state index contributed by atoms with van der Waals surface area (Å²) in [5.41, 5.74) is -0.369. The zero-order chi connectivity index (χ0) is 26.6. The van der Waals surface area contributed by atoms with Crippen molar-refractivity contribution < 1.29 is 31.1 Å². The number of nitrogens with one attached hydrogen (secondary N) is 2. The van der Waals surface area contributed by atoms with Gasteiger partial charge in [-0.15, -0.1) is 0 Å². The standard InChI is InChI=1S/C28H30F6N2O/c29-27(30,31)22-13-20(14-23(16-22)28(32,33)34)17-35-26(37)21-8-11-25(15-21)36-24-9-6-19(7-10-24)12-18-4-2-1-3-5-18/h1-5,12-14,16,21,24-25,36H,6-11,15,17H2,(H,35,37)/t21-,24?,25+/m0/s1. The summed E-state index contributed by atoms with van der Waals surface area (Å²) in [5, 5.41) is 6.19. The van der Waals surface area contributed by atoms with Gasteiger partial charge in [0.1, 0.15) is 0 Å². The second-order valence-corrected chi connectivity index (χ2v) is 9.99. The molecule has 0 heterocycles. The van der Waals surface area contributed by atoms with Gasteiger partial charge in [0.2, 0.25) is 5.91 Å². The second-order valence-electron chi connectivity index (χ2n) is 9.99. The van der Waals surface area contributed by atoms with E-state index in [0.717, 1.165) is 32.1 Å². The minimum Gasteiger partial charge on any atom is -0.352 e. The third-order valence-corrected chi connectivity index (χ3v) is 7.19. The first-order chi connectivity index (χ1) is 17.5. The smallest absolute Gasteiger partial charge is 0.352 e. The Labute approximate surface area is 212 Å². The number of alkyl halides is 6. The lowest BCUT2D eigenvalue weighted by Gasteiger charge is -2.28. The van der Waals surface area contributed by atoms with Crippen molar-refractivity contribution in [1.82, 2.24) is 10.6 Å². The van der Waals surface area contributed by atoms with Gasteiger partial charge in [0.25, 0.3) is 0 Å². The van der Waals surface area contributed by atoms with Crippen LogP contribution < -0.4 is 10.6 Å². The SMILES string of the molecule is O=C(NCc1cc(C(F)(F)F)cc(C(F)(F)F)c1)[C@H]1CC[C@@H](NC2CCC(=Cc3ccccc3)CC2)C1. The van der Waals surface area contributed by atoms with Crippen LogP contribution in [-0.4, -0.2) is 18.0 Å². The van der Waals surface area contributed by atoms with Crippen molar-refractivity contribution in [3.05, 3.63) is 76.4 Å². The van der Waals surface area contributed by atoms with E-state index in [-0.39, 0.29) is 36.0 Å². The Kier molecular flexibility index (Phi) is 8.31. The number of carbonyl (C=O) groups excluding carboxylic acids is 1. The lowest BCUT2D eigenvalue weighted by atomic mass is 9.89. The van der Waals surface area contributed by atoms with Gasteiger partial charge in [-0.2, -0.15) is 26.3 Å². The zero-order valence-electron chi connectivity index (χ0n) is 20.3. The van der Waals surface area contributed by atoms with Gasteiger partial charge < -0.3 is 10.6 Å². The fraction of sp³-hybridized carbons (Fsp3) is 0.464. The predicted octanol–water partition coefficient (Wildman–Crippen LogP) is 7.12. The van der Waals surface area contributed by atoms with Crippen LogP contribution in [0.5, 0.6) is 0 Å². The van der Waals surface area contributed by atoms with Crippen molar-refractivity contribution in [2.24, 2.45) is 5.92 Å². The van der Waals surface area contributed by atoms with Gasteiger partial charge in [-0.25, -0.2) is 0 Å². The topological polar surface area (TPSA) is 41.1 Å². The molecule has 1 amide bonds. The first-order valence-corrected chi connectivity index (χ1v) is 12.5. The third kappa shape index (κ3) is 7.60. The van der Waals surface area contributed by atoms with Gasteiger partial charge in [-0.05, 0) is 74.3 Å². The van der Waals surface area contributed by atoms with Crippen molar-refractivity contribution in [3.8, 4) is 0 Å². The normalized spacial score (nSPS) is 22.6. The molecule has 0 bridgehead atoms. The van der Waals surface area contributed by atoms with E-state index >= 15 is 0 Å². The summed E-state index contributed by atoms with van der Waals surface area (Å²) >= 11 is 0. The van der Waals surface area contributed by atoms with Crippen LogP contribution in [0.2, 0.25) is 0 Å². The highest BCUT2D eigenvalue weighted by Crippen LogP contribution is 2.36. The number of hydrogen-bond donors (Lipinski definition) is 2. The molecule has 2 aromatic carbocycles. The molecule has 2 aromatic rings. The number of halogens is 6. The Hall–Kier alpha value is -2.81. The molecule has 0 spiro atoms. The number of allylic oxidation sites excluding steroid dienone is 1. The van der Waals surface area contributed by atoms with E-state index in [1.807, 2.05) is 18.2 Å². The lowest BCUT2D eigenvalue weighted by molar-refractivity contribution is -0.143. The molecule has 2 aliphatic rings. The molecule has 0 unspecified atom stereocenters. The fourth-order valence-electron chi connectivity index (χ4n) is 5.24. The van der Waals surface area contributed by atoms with Crippen molar-refractivity contribution in [1.29, 1.82) is 0 Å². The van der Waals surface area contributed by atoms with E-state index in [1.165, 1.54) is 11.1 Å². The van der Waals surface area contributed by atoms with E-state index in [9.17, 15) is 31.1 Å². The molecule has 0 aliphatic heterocycles. The van der Waals surface area contributed by atoms with Crippen molar-refractivity contribution in [2.75, 3.05) is 0 Å². The Bertz CT molecular complexity index is 1070. The van der Waals surface area contributed by atoms with E-state index in [2.05, 4.69) is 28.8 Å². The van der Waals surface area contributed by atoms with Crippen molar-refractivity contribution in [2.45, 2.75) is 75.9 Å². The molecular formula is C28H30F6N2O. The average molecular weight is 525 g/mol. The second kappa shape index (κ2) is 11.3. The first kappa shape index (κ1) is 27.2. The van der Waals surface area contributed by atoms with Crippen LogP contribution in [0.3, 0.4) is 0 Å². The molecule has 2 N–H and O–H groups in total. The van der Waals surface area contributed by atoms with Gasteiger partial charge >= 0.3 is 12.4 Å². The summed E-state index contributed by atoms with van der Waals surface area (Å²) in [5.74, 6) is -0.658. The molecule has 2 atom stereocenters. The summed E-state index contributed by atoms with van der Waals surface area (Å²) in [6, 6.07) is 12.1. The van der Waals surface area contributed by atoms with Crippen LogP contribution >= 0.6 is 0 Å². The predicted molar refractivity (Wildman–Crippen MR) is 129 cm³/mol. The summed E-state index contributed by atoms with van der Waals surface area (Å²) in [6.45, 7) is -0.389. The molecule has 2 fully saturated rings. The summed E-state index contributed by atoms with van der Waals surface area (Å²) in [7, 11) is 0. The number of benzene rings is 2. The molecule has 200 valence electrons.